The monoisotopic (exact) mass is 614 g/mol. The van der Waals surface area contributed by atoms with E-state index in [0.717, 1.165) is 41.5 Å². The average Bonchev–Trinajstić information content (AvgIpc) is 3.63. The third-order valence-corrected chi connectivity index (χ3v) is 8.35. The Bertz CT molecular complexity index is 1340. The smallest absolute Gasteiger partial charge is 0.411 e. The zero-order valence-corrected chi connectivity index (χ0v) is 27.4. The predicted octanol–water partition coefficient (Wildman–Crippen LogP) is 7.78. The first-order valence-electron chi connectivity index (χ1n) is 16.3. The van der Waals surface area contributed by atoms with Gasteiger partial charge in [0.2, 0.25) is 0 Å². The van der Waals surface area contributed by atoms with E-state index in [9.17, 15) is 9.59 Å². The topological polar surface area (TPSA) is 77.1 Å². The first kappa shape index (κ1) is 34.2. The van der Waals surface area contributed by atoms with Gasteiger partial charge in [-0.15, -0.1) is 0 Å². The zero-order valence-electron chi connectivity index (χ0n) is 27.4. The molecule has 0 radical (unpaired) electrons. The van der Waals surface area contributed by atoms with Gasteiger partial charge < -0.3 is 19.1 Å². The summed E-state index contributed by atoms with van der Waals surface area (Å²) in [4.78, 5) is 25.6. The largest absolute Gasteiger partial charge is 0.460 e. The van der Waals surface area contributed by atoms with Crippen LogP contribution in [0.1, 0.15) is 57.6 Å². The van der Waals surface area contributed by atoms with Gasteiger partial charge in [-0.25, -0.2) is 4.79 Å². The van der Waals surface area contributed by atoms with Crippen molar-refractivity contribution in [2.75, 3.05) is 45.3 Å². The molecule has 7 nitrogen and oxygen atoms in total. The van der Waals surface area contributed by atoms with Crippen LogP contribution in [0.3, 0.4) is 0 Å². The van der Waals surface area contributed by atoms with Crippen molar-refractivity contribution in [1.82, 2.24) is 4.90 Å². The Balaban J connectivity index is 0.000000231. The molecule has 2 fully saturated rings. The molecule has 45 heavy (non-hydrogen) atoms. The van der Waals surface area contributed by atoms with E-state index in [4.69, 9.17) is 9.47 Å². The molecule has 1 saturated heterocycles. The van der Waals surface area contributed by atoms with Gasteiger partial charge in [-0.05, 0) is 81.0 Å². The standard InChI is InChI=1S/C24H37NO3.C14H13NO2/c1-24(2,3)28-23(26)12-15-27-14-11-20-7-4-6-19(16-20)10-13-25-17-21-8-5-9-22(21)18-25;1-17-14(16)15-13-10-6-5-9-12(13)11-7-3-2-4-8-11/h4,6-7,16,21-22H,5,8-15,17-18H2,1-3H3;2-10H,1H3,(H,15,16). The highest BCUT2D eigenvalue weighted by Gasteiger charge is 2.35. The molecule has 1 amide bonds. The highest BCUT2D eigenvalue weighted by molar-refractivity contribution is 5.91. The third kappa shape index (κ3) is 11.6. The molecule has 5 rings (SSSR count). The van der Waals surface area contributed by atoms with Crippen molar-refractivity contribution in [3.05, 3.63) is 90.0 Å². The lowest BCUT2D eigenvalue weighted by Crippen LogP contribution is -2.24. The molecule has 0 bridgehead atoms. The van der Waals surface area contributed by atoms with Gasteiger partial charge in [0.05, 0.1) is 32.4 Å². The fourth-order valence-electron chi connectivity index (χ4n) is 6.21. The highest BCUT2D eigenvalue weighted by Crippen LogP contribution is 2.37. The number of carbonyl (C=O) groups is 2. The molecule has 0 spiro atoms. The molecule has 3 aromatic rings. The van der Waals surface area contributed by atoms with E-state index in [1.165, 1.54) is 57.1 Å². The van der Waals surface area contributed by atoms with Gasteiger partial charge in [-0.1, -0.05) is 79.2 Å². The summed E-state index contributed by atoms with van der Waals surface area (Å²) in [6.45, 7) is 10.5. The Hall–Kier alpha value is -3.68. The molecule has 1 aliphatic heterocycles. The summed E-state index contributed by atoms with van der Waals surface area (Å²) >= 11 is 0. The van der Waals surface area contributed by atoms with Crippen molar-refractivity contribution in [2.24, 2.45) is 11.8 Å². The van der Waals surface area contributed by atoms with Crippen LogP contribution in [-0.2, 0) is 31.8 Å². The lowest BCUT2D eigenvalue weighted by molar-refractivity contribution is -0.156. The molecular weight excluding hydrogens is 564 g/mol. The quantitative estimate of drug-likeness (QED) is 0.176. The van der Waals surface area contributed by atoms with Crippen molar-refractivity contribution in [1.29, 1.82) is 0 Å². The summed E-state index contributed by atoms with van der Waals surface area (Å²) in [7, 11) is 1.35. The first-order valence-corrected chi connectivity index (χ1v) is 16.3. The minimum Gasteiger partial charge on any atom is -0.460 e. The van der Waals surface area contributed by atoms with Crippen molar-refractivity contribution in [3.8, 4) is 11.1 Å². The summed E-state index contributed by atoms with van der Waals surface area (Å²) in [6.07, 6.45) is 6.21. The molecule has 2 unspecified atom stereocenters. The number of amides is 1. The number of para-hydroxylation sites is 1. The molecule has 1 aliphatic carbocycles. The fraction of sp³-hybridized carbons (Fsp3) is 0.474. The second-order valence-corrected chi connectivity index (χ2v) is 13.0. The van der Waals surface area contributed by atoms with Crippen LogP contribution in [0.2, 0.25) is 0 Å². The Kier molecular flexibility index (Phi) is 13.0. The van der Waals surface area contributed by atoms with Gasteiger partial charge in [-0.2, -0.15) is 0 Å². The second kappa shape index (κ2) is 17.1. The van der Waals surface area contributed by atoms with E-state index in [1.54, 1.807) is 0 Å². The summed E-state index contributed by atoms with van der Waals surface area (Å²) in [5.41, 5.74) is 5.07. The van der Waals surface area contributed by atoms with E-state index < -0.39 is 11.7 Å². The molecule has 1 heterocycles. The number of nitrogens with one attached hydrogen (secondary N) is 1. The minimum atomic E-state index is -0.464. The van der Waals surface area contributed by atoms with Crippen molar-refractivity contribution < 1.29 is 23.8 Å². The maximum absolute atomic E-state index is 11.7. The molecule has 1 N–H and O–H groups in total. The number of hydrogen-bond donors (Lipinski definition) is 1. The Morgan fingerprint density at radius 2 is 1.51 bits per heavy atom. The molecule has 2 atom stereocenters. The SMILES string of the molecule is CC(C)(C)OC(=O)CCOCCc1cccc(CCN2CC3CCCC3C2)c1.COC(=O)Nc1ccccc1-c1ccccc1. The van der Waals surface area contributed by atoms with Crippen molar-refractivity contribution in [2.45, 2.75) is 64.9 Å². The number of anilines is 1. The third-order valence-electron chi connectivity index (χ3n) is 8.35. The molecule has 242 valence electrons. The molecule has 0 aromatic heterocycles. The summed E-state index contributed by atoms with van der Waals surface area (Å²) in [5.74, 6) is 1.76. The van der Waals surface area contributed by atoms with E-state index in [0.29, 0.717) is 19.6 Å². The molecular formula is C38H50N2O5. The van der Waals surface area contributed by atoms with Crippen LogP contribution >= 0.6 is 0 Å². The van der Waals surface area contributed by atoms with Gasteiger partial charge >= 0.3 is 12.1 Å². The molecule has 3 aromatic carbocycles. The van der Waals surface area contributed by atoms with Crippen LogP contribution in [-0.4, -0.2) is 62.5 Å². The van der Waals surface area contributed by atoms with Gasteiger partial charge in [0, 0.05) is 25.2 Å². The van der Waals surface area contributed by atoms with E-state index in [2.05, 4.69) is 39.2 Å². The molecule has 7 heteroatoms. The van der Waals surface area contributed by atoms with Crippen LogP contribution in [0.15, 0.2) is 78.9 Å². The number of benzene rings is 3. The lowest BCUT2D eigenvalue weighted by Gasteiger charge is -2.19. The van der Waals surface area contributed by atoms with Crippen LogP contribution in [0.25, 0.3) is 11.1 Å². The molecule has 2 aliphatic rings. The van der Waals surface area contributed by atoms with E-state index >= 15 is 0 Å². The van der Waals surface area contributed by atoms with Crippen LogP contribution in [0.4, 0.5) is 10.5 Å². The van der Waals surface area contributed by atoms with Crippen LogP contribution < -0.4 is 5.32 Å². The van der Waals surface area contributed by atoms with Crippen molar-refractivity contribution in [3.63, 3.8) is 0 Å². The number of esters is 1. The summed E-state index contributed by atoms with van der Waals surface area (Å²) in [5, 5.41) is 2.70. The first-order chi connectivity index (χ1) is 21.7. The van der Waals surface area contributed by atoms with Crippen LogP contribution in [0.5, 0.6) is 0 Å². The second-order valence-electron chi connectivity index (χ2n) is 13.0. The Morgan fingerprint density at radius 3 is 2.20 bits per heavy atom. The highest BCUT2D eigenvalue weighted by atomic mass is 16.6. The number of carbonyl (C=O) groups excluding carboxylic acids is 2. The van der Waals surface area contributed by atoms with Gasteiger partial charge in [-0.3, -0.25) is 10.1 Å². The van der Waals surface area contributed by atoms with E-state index in [-0.39, 0.29) is 5.97 Å². The normalized spacial score (nSPS) is 17.6. The Morgan fingerprint density at radius 1 is 0.844 bits per heavy atom. The number of methoxy groups -OCH3 is 1. The Labute approximate surface area is 269 Å². The van der Waals surface area contributed by atoms with Crippen LogP contribution in [0, 0.1) is 11.8 Å². The van der Waals surface area contributed by atoms with Crippen molar-refractivity contribution >= 4 is 17.7 Å². The number of likely N-dealkylation sites (tertiary alicyclic amines) is 1. The minimum absolute atomic E-state index is 0.194. The van der Waals surface area contributed by atoms with Gasteiger partial charge in [0.25, 0.3) is 0 Å². The number of ether oxygens (including phenoxy) is 3. The summed E-state index contributed by atoms with van der Waals surface area (Å²) in [6, 6.07) is 26.4. The fourth-order valence-corrected chi connectivity index (χ4v) is 6.21. The number of nitrogens with zero attached hydrogens (tertiary/aromatic N) is 1. The van der Waals surface area contributed by atoms with E-state index in [1.807, 2.05) is 75.4 Å². The maximum Gasteiger partial charge on any atom is 0.411 e. The zero-order chi connectivity index (χ0) is 32.1. The maximum atomic E-state index is 11.7. The average molecular weight is 615 g/mol. The molecule has 1 saturated carbocycles. The number of rotatable bonds is 11. The lowest BCUT2D eigenvalue weighted by atomic mass is 10.0. The summed E-state index contributed by atoms with van der Waals surface area (Å²) < 4.78 is 15.5. The number of hydrogen-bond acceptors (Lipinski definition) is 6. The number of fused-ring (bicyclic) bond motifs is 1. The predicted molar refractivity (Wildman–Crippen MR) is 180 cm³/mol. The van der Waals surface area contributed by atoms with Gasteiger partial charge in [0.1, 0.15) is 5.60 Å². The van der Waals surface area contributed by atoms with Gasteiger partial charge in [0.15, 0.2) is 0 Å².